The largest absolute Gasteiger partial charge is 0.477 e. The van der Waals surface area contributed by atoms with Crippen molar-refractivity contribution in [3.05, 3.63) is 29.6 Å². The Morgan fingerprint density at radius 3 is 2.55 bits per heavy atom. The van der Waals surface area contributed by atoms with Crippen LogP contribution in [0.15, 0.2) is 18.2 Å². The molecule has 2 rings (SSSR count). The van der Waals surface area contributed by atoms with Crippen LogP contribution < -0.4 is 5.32 Å². The number of rotatable bonds is 3. The number of hydrogen-bond donors (Lipinski definition) is 2. The topological polar surface area (TPSA) is 79.3 Å². The van der Waals surface area contributed by atoms with Crippen molar-refractivity contribution in [3.63, 3.8) is 0 Å². The molecular weight excluding hydrogens is 301 g/mol. The second kappa shape index (κ2) is 6.33. The summed E-state index contributed by atoms with van der Waals surface area (Å²) in [5, 5.41) is 11.3. The number of aromatic carboxylic acids is 1. The third-order valence-corrected chi connectivity index (χ3v) is 3.67. The van der Waals surface area contributed by atoms with Crippen LogP contribution in [0.25, 0.3) is 0 Å². The lowest BCUT2D eigenvalue weighted by Gasteiger charge is -2.30. The first-order valence-corrected chi connectivity index (χ1v) is 6.85. The summed E-state index contributed by atoms with van der Waals surface area (Å²) in [5.74, 6) is -3.34. The van der Waals surface area contributed by atoms with Gasteiger partial charge >= 0.3 is 12.1 Å². The van der Waals surface area contributed by atoms with Gasteiger partial charge in [0.1, 0.15) is 11.4 Å². The highest BCUT2D eigenvalue weighted by molar-refractivity contribution is 5.94. The number of halogens is 3. The van der Waals surface area contributed by atoms with E-state index in [2.05, 4.69) is 10.3 Å². The Labute approximate surface area is 124 Å². The highest BCUT2D eigenvalue weighted by atomic mass is 19.4. The fraction of sp³-hybridized carbons (Fsp3) is 0.500. The summed E-state index contributed by atoms with van der Waals surface area (Å²) < 4.78 is 38.2. The van der Waals surface area contributed by atoms with Gasteiger partial charge in [-0.05, 0) is 31.4 Å². The minimum absolute atomic E-state index is 0.0720. The van der Waals surface area contributed by atoms with E-state index < -0.39 is 30.0 Å². The number of carbonyl (C=O) groups excluding carboxylic acids is 1. The van der Waals surface area contributed by atoms with Crippen LogP contribution in [0.3, 0.4) is 0 Å². The number of aromatic nitrogens is 1. The van der Waals surface area contributed by atoms with Gasteiger partial charge in [-0.3, -0.25) is 4.79 Å². The SMILES string of the molecule is O=C(O)c1cccc(C(=O)NC2CCCC(C(F)(F)F)C2)n1. The molecule has 1 aromatic rings. The molecule has 1 aromatic heterocycles. The quantitative estimate of drug-likeness (QED) is 0.898. The summed E-state index contributed by atoms with van der Waals surface area (Å²) in [5.41, 5.74) is -0.404. The summed E-state index contributed by atoms with van der Waals surface area (Å²) >= 11 is 0. The monoisotopic (exact) mass is 316 g/mol. The minimum Gasteiger partial charge on any atom is -0.477 e. The maximum atomic E-state index is 12.7. The van der Waals surface area contributed by atoms with E-state index in [-0.39, 0.29) is 24.2 Å². The van der Waals surface area contributed by atoms with Crippen LogP contribution >= 0.6 is 0 Å². The third kappa shape index (κ3) is 3.96. The van der Waals surface area contributed by atoms with E-state index in [1.54, 1.807) is 0 Å². The van der Waals surface area contributed by atoms with Crippen molar-refractivity contribution in [2.75, 3.05) is 0 Å². The standard InChI is InChI=1S/C14H15F3N2O3/c15-14(16,17)8-3-1-4-9(7-8)18-12(20)10-5-2-6-11(19-10)13(21)22/h2,5-6,8-9H,1,3-4,7H2,(H,18,20)(H,21,22). The van der Waals surface area contributed by atoms with Crippen molar-refractivity contribution in [1.82, 2.24) is 10.3 Å². The van der Waals surface area contributed by atoms with Crippen LogP contribution in [0.2, 0.25) is 0 Å². The maximum Gasteiger partial charge on any atom is 0.391 e. The van der Waals surface area contributed by atoms with E-state index in [0.29, 0.717) is 12.8 Å². The zero-order chi connectivity index (χ0) is 16.3. The van der Waals surface area contributed by atoms with Gasteiger partial charge in [0.15, 0.2) is 0 Å². The molecule has 1 aliphatic rings. The average Bonchev–Trinajstić information content (AvgIpc) is 2.46. The van der Waals surface area contributed by atoms with Gasteiger partial charge < -0.3 is 10.4 Å². The molecule has 5 nitrogen and oxygen atoms in total. The van der Waals surface area contributed by atoms with Crippen molar-refractivity contribution in [2.24, 2.45) is 5.92 Å². The lowest BCUT2D eigenvalue weighted by atomic mass is 9.85. The molecule has 8 heteroatoms. The van der Waals surface area contributed by atoms with Gasteiger partial charge in [0.25, 0.3) is 5.91 Å². The molecule has 22 heavy (non-hydrogen) atoms. The van der Waals surface area contributed by atoms with Crippen LogP contribution in [0, 0.1) is 5.92 Å². The first-order chi connectivity index (χ1) is 10.3. The second-order valence-corrected chi connectivity index (χ2v) is 5.29. The van der Waals surface area contributed by atoms with Crippen molar-refractivity contribution >= 4 is 11.9 Å². The number of carboxylic acid groups (broad SMARTS) is 1. The molecule has 0 aliphatic heterocycles. The molecule has 0 saturated heterocycles. The Balaban J connectivity index is 2.02. The van der Waals surface area contributed by atoms with E-state index in [9.17, 15) is 22.8 Å². The molecule has 1 aliphatic carbocycles. The number of carboxylic acids is 1. The highest BCUT2D eigenvalue weighted by Crippen LogP contribution is 2.37. The summed E-state index contributed by atoms with van der Waals surface area (Å²) in [6, 6.07) is 3.35. The molecule has 2 unspecified atom stereocenters. The Morgan fingerprint density at radius 1 is 1.23 bits per heavy atom. The van der Waals surface area contributed by atoms with E-state index in [1.165, 1.54) is 18.2 Å². The Bertz CT molecular complexity index is 575. The maximum absolute atomic E-state index is 12.7. The number of amides is 1. The van der Waals surface area contributed by atoms with E-state index in [1.807, 2.05) is 0 Å². The summed E-state index contributed by atoms with van der Waals surface area (Å²) in [4.78, 5) is 26.5. The van der Waals surface area contributed by atoms with Gasteiger partial charge in [0, 0.05) is 6.04 Å². The molecule has 1 saturated carbocycles. The van der Waals surface area contributed by atoms with Gasteiger partial charge in [0.05, 0.1) is 5.92 Å². The first kappa shape index (κ1) is 16.3. The van der Waals surface area contributed by atoms with Crippen LogP contribution in [0.4, 0.5) is 13.2 Å². The average molecular weight is 316 g/mol. The van der Waals surface area contributed by atoms with Crippen LogP contribution in [-0.2, 0) is 0 Å². The number of pyridine rings is 1. The summed E-state index contributed by atoms with van der Waals surface area (Å²) in [6.07, 6.45) is -3.49. The fourth-order valence-electron chi connectivity index (χ4n) is 2.56. The molecule has 0 spiro atoms. The Hall–Kier alpha value is -2.12. The Morgan fingerprint density at radius 2 is 1.91 bits per heavy atom. The van der Waals surface area contributed by atoms with Gasteiger partial charge in [-0.2, -0.15) is 13.2 Å². The molecular formula is C14H15F3N2O3. The predicted molar refractivity (Wildman–Crippen MR) is 70.5 cm³/mol. The summed E-state index contributed by atoms with van der Waals surface area (Å²) in [6.45, 7) is 0. The number of nitrogens with one attached hydrogen (secondary N) is 1. The second-order valence-electron chi connectivity index (χ2n) is 5.29. The number of carbonyl (C=O) groups is 2. The molecule has 1 heterocycles. The first-order valence-electron chi connectivity index (χ1n) is 6.85. The normalized spacial score (nSPS) is 22.1. The van der Waals surface area contributed by atoms with E-state index in [0.717, 1.165) is 0 Å². The number of nitrogens with zero attached hydrogens (tertiary/aromatic N) is 1. The van der Waals surface area contributed by atoms with Gasteiger partial charge in [-0.25, -0.2) is 9.78 Å². The zero-order valence-corrected chi connectivity index (χ0v) is 11.6. The molecule has 120 valence electrons. The predicted octanol–water partition coefficient (Wildman–Crippen LogP) is 2.63. The highest BCUT2D eigenvalue weighted by Gasteiger charge is 2.42. The van der Waals surface area contributed by atoms with Crippen LogP contribution in [-0.4, -0.2) is 34.2 Å². The molecule has 1 amide bonds. The molecule has 0 bridgehead atoms. The minimum atomic E-state index is -4.26. The van der Waals surface area contributed by atoms with E-state index in [4.69, 9.17) is 5.11 Å². The van der Waals surface area contributed by atoms with Gasteiger partial charge in [-0.15, -0.1) is 0 Å². The van der Waals surface area contributed by atoms with Crippen molar-refractivity contribution < 1.29 is 27.9 Å². The third-order valence-electron chi connectivity index (χ3n) is 3.67. The molecule has 0 aromatic carbocycles. The van der Waals surface area contributed by atoms with Gasteiger partial charge in [0.2, 0.25) is 0 Å². The van der Waals surface area contributed by atoms with Crippen LogP contribution in [0.5, 0.6) is 0 Å². The zero-order valence-electron chi connectivity index (χ0n) is 11.6. The number of hydrogen-bond acceptors (Lipinski definition) is 3. The molecule has 1 fully saturated rings. The smallest absolute Gasteiger partial charge is 0.391 e. The molecule has 2 N–H and O–H groups in total. The fourth-order valence-corrected chi connectivity index (χ4v) is 2.56. The van der Waals surface area contributed by atoms with Gasteiger partial charge in [-0.1, -0.05) is 12.5 Å². The lowest BCUT2D eigenvalue weighted by Crippen LogP contribution is -2.41. The van der Waals surface area contributed by atoms with E-state index >= 15 is 0 Å². The van der Waals surface area contributed by atoms with Crippen LogP contribution in [0.1, 0.15) is 46.7 Å². The summed E-state index contributed by atoms with van der Waals surface area (Å²) in [7, 11) is 0. The Kier molecular flexibility index (Phi) is 4.68. The van der Waals surface area contributed by atoms with Crippen molar-refractivity contribution in [3.8, 4) is 0 Å². The number of alkyl halides is 3. The van der Waals surface area contributed by atoms with Crippen molar-refractivity contribution in [2.45, 2.75) is 37.9 Å². The van der Waals surface area contributed by atoms with Crippen molar-refractivity contribution in [1.29, 1.82) is 0 Å². The molecule has 0 radical (unpaired) electrons. The molecule has 2 atom stereocenters. The lowest BCUT2D eigenvalue weighted by molar-refractivity contribution is -0.183.